The molecule has 3 aromatic heterocycles. The maximum atomic E-state index is 5.17. The number of nitrogens with zero attached hydrogens (tertiary/aromatic N) is 2. The van der Waals surface area contributed by atoms with Gasteiger partial charge in [0.05, 0.1) is 17.2 Å². The molecule has 0 saturated carbocycles. The largest absolute Gasteiger partial charge is 0.446 e. The standard InChI is InChI=1S/C9H6N2O/c1-2-8-7-3-5-12-9(7)10-6-11(8)4-1/h1-6H. The van der Waals surface area contributed by atoms with Gasteiger partial charge in [0.2, 0.25) is 5.71 Å². The molecule has 58 valence electrons. The van der Waals surface area contributed by atoms with Crippen LogP contribution < -0.4 is 0 Å². The third-order valence-corrected chi connectivity index (χ3v) is 2.00. The maximum absolute atomic E-state index is 5.17. The number of rotatable bonds is 0. The Balaban J connectivity index is 2.71. The minimum atomic E-state index is 0.696. The fourth-order valence-electron chi connectivity index (χ4n) is 1.43. The summed E-state index contributed by atoms with van der Waals surface area (Å²) >= 11 is 0. The molecule has 0 fully saturated rings. The lowest BCUT2D eigenvalue weighted by Crippen LogP contribution is -1.83. The molecular weight excluding hydrogens is 152 g/mol. The second kappa shape index (κ2) is 1.88. The Morgan fingerprint density at radius 3 is 3.33 bits per heavy atom. The number of furan rings is 1. The molecule has 3 rings (SSSR count). The van der Waals surface area contributed by atoms with Crippen LogP contribution in [0.1, 0.15) is 0 Å². The Bertz CT molecular complexity index is 486. The van der Waals surface area contributed by atoms with E-state index < -0.39 is 0 Å². The van der Waals surface area contributed by atoms with E-state index >= 15 is 0 Å². The molecule has 0 aromatic carbocycles. The summed E-state index contributed by atoms with van der Waals surface area (Å²) in [6.45, 7) is 0. The number of fused-ring (bicyclic) bond motifs is 3. The minimum absolute atomic E-state index is 0.696. The number of hydrogen-bond acceptors (Lipinski definition) is 2. The molecule has 3 nitrogen and oxygen atoms in total. The molecule has 0 atom stereocenters. The molecule has 3 heterocycles. The van der Waals surface area contributed by atoms with E-state index in [2.05, 4.69) is 4.98 Å². The summed E-state index contributed by atoms with van der Waals surface area (Å²) in [6, 6.07) is 5.96. The van der Waals surface area contributed by atoms with Gasteiger partial charge in [0.15, 0.2) is 0 Å². The highest BCUT2D eigenvalue weighted by Crippen LogP contribution is 2.18. The van der Waals surface area contributed by atoms with Crippen LogP contribution in [0, 0.1) is 0 Å². The molecule has 0 saturated heterocycles. The highest BCUT2D eigenvalue weighted by Gasteiger charge is 2.01. The quantitative estimate of drug-likeness (QED) is 0.501. The zero-order valence-corrected chi connectivity index (χ0v) is 6.27. The first-order chi connectivity index (χ1) is 5.95. The van der Waals surface area contributed by atoms with Crippen molar-refractivity contribution in [1.29, 1.82) is 0 Å². The second-order valence-corrected chi connectivity index (χ2v) is 2.68. The number of aromatic nitrogens is 2. The monoisotopic (exact) mass is 158 g/mol. The highest BCUT2D eigenvalue weighted by molar-refractivity contribution is 5.90. The Kier molecular flexibility index (Phi) is 0.913. The second-order valence-electron chi connectivity index (χ2n) is 2.68. The van der Waals surface area contributed by atoms with E-state index in [1.54, 1.807) is 12.6 Å². The van der Waals surface area contributed by atoms with Crippen LogP contribution in [0.2, 0.25) is 0 Å². The highest BCUT2D eigenvalue weighted by atomic mass is 16.3. The van der Waals surface area contributed by atoms with Gasteiger partial charge < -0.3 is 8.82 Å². The number of hydrogen-bond donors (Lipinski definition) is 0. The molecule has 0 radical (unpaired) electrons. The first kappa shape index (κ1) is 5.83. The van der Waals surface area contributed by atoms with Crippen molar-refractivity contribution in [2.45, 2.75) is 0 Å². The van der Waals surface area contributed by atoms with E-state index in [9.17, 15) is 0 Å². The van der Waals surface area contributed by atoms with Gasteiger partial charge in [0.25, 0.3) is 0 Å². The SMILES string of the molecule is c1cc2c3ccoc3ncn2c1. The smallest absolute Gasteiger partial charge is 0.229 e. The van der Waals surface area contributed by atoms with Gasteiger partial charge in [0, 0.05) is 6.20 Å². The molecule has 3 aromatic rings. The predicted molar refractivity (Wildman–Crippen MR) is 45.0 cm³/mol. The van der Waals surface area contributed by atoms with Crippen LogP contribution in [0.3, 0.4) is 0 Å². The minimum Gasteiger partial charge on any atom is -0.446 e. The van der Waals surface area contributed by atoms with Gasteiger partial charge in [-0.05, 0) is 18.2 Å². The summed E-state index contributed by atoms with van der Waals surface area (Å²) in [4.78, 5) is 4.14. The van der Waals surface area contributed by atoms with Crippen molar-refractivity contribution < 1.29 is 4.42 Å². The van der Waals surface area contributed by atoms with Gasteiger partial charge in [-0.15, -0.1) is 0 Å². The molecule has 12 heavy (non-hydrogen) atoms. The zero-order chi connectivity index (χ0) is 7.97. The van der Waals surface area contributed by atoms with Crippen molar-refractivity contribution in [3.63, 3.8) is 0 Å². The van der Waals surface area contributed by atoms with Crippen molar-refractivity contribution in [3.05, 3.63) is 37.0 Å². The molecular formula is C9H6N2O. The fourth-order valence-corrected chi connectivity index (χ4v) is 1.43. The van der Waals surface area contributed by atoms with Crippen LogP contribution in [0.4, 0.5) is 0 Å². The van der Waals surface area contributed by atoms with Crippen molar-refractivity contribution in [3.8, 4) is 0 Å². The van der Waals surface area contributed by atoms with E-state index in [1.807, 2.05) is 28.8 Å². The molecule has 3 heteroatoms. The van der Waals surface area contributed by atoms with Crippen LogP contribution in [0.25, 0.3) is 16.6 Å². The van der Waals surface area contributed by atoms with E-state index in [1.165, 1.54) is 0 Å². The fraction of sp³-hybridized carbons (Fsp3) is 0. The summed E-state index contributed by atoms with van der Waals surface area (Å²) in [5.41, 5.74) is 1.83. The van der Waals surface area contributed by atoms with Crippen molar-refractivity contribution >= 4 is 16.6 Å². The first-order valence-corrected chi connectivity index (χ1v) is 3.74. The summed E-state index contributed by atoms with van der Waals surface area (Å²) in [5.74, 6) is 0. The van der Waals surface area contributed by atoms with Crippen molar-refractivity contribution in [1.82, 2.24) is 9.38 Å². The Hall–Kier alpha value is -1.77. The van der Waals surface area contributed by atoms with Crippen LogP contribution in [0.5, 0.6) is 0 Å². The van der Waals surface area contributed by atoms with Gasteiger partial charge in [0.1, 0.15) is 6.33 Å². The first-order valence-electron chi connectivity index (χ1n) is 3.74. The van der Waals surface area contributed by atoms with Gasteiger partial charge in [-0.25, -0.2) is 4.98 Å². The van der Waals surface area contributed by atoms with Crippen LogP contribution in [-0.2, 0) is 0 Å². The van der Waals surface area contributed by atoms with Crippen LogP contribution >= 0.6 is 0 Å². The predicted octanol–water partition coefficient (Wildman–Crippen LogP) is 2.08. The average molecular weight is 158 g/mol. The summed E-state index contributed by atoms with van der Waals surface area (Å²) in [7, 11) is 0. The van der Waals surface area contributed by atoms with E-state index in [0.717, 1.165) is 10.9 Å². The van der Waals surface area contributed by atoms with Crippen molar-refractivity contribution in [2.75, 3.05) is 0 Å². The summed E-state index contributed by atoms with van der Waals surface area (Å²) < 4.78 is 7.14. The molecule has 0 N–H and O–H groups in total. The average Bonchev–Trinajstić information content (AvgIpc) is 2.71. The lowest BCUT2D eigenvalue weighted by Gasteiger charge is -1.92. The van der Waals surface area contributed by atoms with E-state index in [0.29, 0.717) is 5.71 Å². The van der Waals surface area contributed by atoms with Crippen molar-refractivity contribution in [2.24, 2.45) is 0 Å². The Morgan fingerprint density at radius 2 is 2.33 bits per heavy atom. The summed E-state index contributed by atoms with van der Waals surface area (Å²) in [6.07, 6.45) is 5.38. The van der Waals surface area contributed by atoms with Crippen LogP contribution in [0.15, 0.2) is 41.4 Å². The molecule has 0 unspecified atom stereocenters. The normalized spacial score (nSPS) is 11.3. The topological polar surface area (TPSA) is 30.4 Å². The maximum Gasteiger partial charge on any atom is 0.229 e. The van der Waals surface area contributed by atoms with Gasteiger partial charge in [-0.3, -0.25) is 0 Å². The summed E-state index contributed by atoms with van der Waals surface area (Å²) in [5, 5.41) is 1.06. The van der Waals surface area contributed by atoms with Gasteiger partial charge in [-0.1, -0.05) is 0 Å². The van der Waals surface area contributed by atoms with E-state index in [-0.39, 0.29) is 0 Å². The van der Waals surface area contributed by atoms with E-state index in [4.69, 9.17) is 4.42 Å². The van der Waals surface area contributed by atoms with Gasteiger partial charge >= 0.3 is 0 Å². The van der Waals surface area contributed by atoms with Crippen LogP contribution in [-0.4, -0.2) is 9.38 Å². The third-order valence-electron chi connectivity index (χ3n) is 2.00. The lowest BCUT2D eigenvalue weighted by atomic mass is 10.3. The zero-order valence-electron chi connectivity index (χ0n) is 6.27. The lowest BCUT2D eigenvalue weighted by molar-refractivity contribution is 0.602. The molecule has 0 bridgehead atoms. The molecule has 0 aliphatic carbocycles. The molecule has 0 amide bonds. The third kappa shape index (κ3) is 0.580. The molecule has 0 spiro atoms. The Morgan fingerprint density at radius 1 is 1.33 bits per heavy atom. The Labute approximate surface area is 68.2 Å². The molecule has 0 aliphatic heterocycles. The molecule has 0 aliphatic rings. The van der Waals surface area contributed by atoms with Gasteiger partial charge in [-0.2, -0.15) is 0 Å².